The Bertz CT molecular complexity index is 577. The van der Waals surface area contributed by atoms with Crippen molar-refractivity contribution in [2.75, 3.05) is 30.5 Å². The fourth-order valence-corrected chi connectivity index (χ4v) is 2.59. The molecule has 0 spiro atoms. The fourth-order valence-electron chi connectivity index (χ4n) is 1.82. The number of thioether (sulfide) groups is 1. The van der Waals surface area contributed by atoms with Crippen molar-refractivity contribution in [2.24, 2.45) is 0 Å². The van der Waals surface area contributed by atoms with Gasteiger partial charge in [-0.25, -0.2) is 9.97 Å². The van der Waals surface area contributed by atoms with Crippen molar-refractivity contribution in [1.29, 1.82) is 0 Å². The first-order valence-corrected chi connectivity index (χ1v) is 8.32. The number of aromatic nitrogens is 2. The molecule has 2 rings (SSSR count). The monoisotopic (exact) mass is 352 g/mol. The van der Waals surface area contributed by atoms with Crippen molar-refractivity contribution >= 4 is 39.2 Å². The van der Waals surface area contributed by atoms with E-state index in [2.05, 4.69) is 42.6 Å². The molecule has 2 N–H and O–H groups in total. The first kappa shape index (κ1) is 15.1. The van der Waals surface area contributed by atoms with Crippen LogP contribution in [0.15, 0.2) is 40.1 Å². The average molecular weight is 353 g/mol. The molecule has 0 unspecified atom stereocenters. The SMILES string of the molecule is CNc1nc(SC)ncc1CCNc1ccccc1Br. The summed E-state index contributed by atoms with van der Waals surface area (Å²) in [4.78, 5) is 8.78. The molecule has 0 amide bonds. The average Bonchev–Trinajstić information content (AvgIpc) is 2.49. The van der Waals surface area contributed by atoms with Gasteiger partial charge in [0.05, 0.1) is 0 Å². The van der Waals surface area contributed by atoms with Gasteiger partial charge in [0, 0.05) is 35.5 Å². The molecule has 0 saturated carbocycles. The van der Waals surface area contributed by atoms with Gasteiger partial charge in [0.25, 0.3) is 0 Å². The van der Waals surface area contributed by atoms with E-state index >= 15 is 0 Å². The van der Waals surface area contributed by atoms with Gasteiger partial charge >= 0.3 is 0 Å². The Kier molecular flexibility index (Phi) is 5.67. The lowest BCUT2D eigenvalue weighted by molar-refractivity contribution is 0.912. The highest BCUT2D eigenvalue weighted by atomic mass is 79.9. The summed E-state index contributed by atoms with van der Waals surface area (Å²) in [5.74, 6) is 0.901. The Morgan fingerprint density at radius 2 is 2.10 bits per heavy atom. The van der Waals surface area contributed by atoms with E-state index in [9.17, 15) is 0 Å². The Morgan fingerprint density at radius 3 is 2.80 bits per heavy atom. The van der Waals surface area contributed by atoms with Crippen LogP contribution in [-0.2, 0) is 6.42 Å². The van der Waals surface area contributed by atoms with Crippen LogP contribution in [-0.4, -0.2) is 29.8 Å². The van der Waals surface area contributed by atoms with Gasteiger partial charge in [-0.3, -0.25) is 0 Å². The number of halogens is 1. The molecule has 0 aliphatic heterocycles. The zero-order valence-electron chi connectivity index (χ0n) is 11.5. The van der Waals surface area contributed by atoms with E-state index in [0.29, 0.717) is 0 Å². The normalized spacial score (nSPS) is 10.3. The molecular formula is C14H17BrN4S. The van der Waals surface area contributed by atoms with Gasteiger partial charge in [-0.15, -0.1) is 0 Å². The second-order valence-electron chi connectivity index (χ2n) is 4.14. The van der Waals surface area contributed by atoms with Crippen LogP contribution in [0.1, 0.15) is 5.56 Å². The molecule has 1 aromatic carbocycles. The molecule has 0 atom stereocenters. The summed E-state index contributed by atoms with van der Waals surface area (Å²) in [6, 6.07) is 8.10. The maximum absolute atomic E-state index is 4.46. The molecule has 20 heavy (non-hydrogen) atoms. The second-order valence-corrected chi connectivity index (χ2v) is 5.76. The van der Waals surface area contributed by atoms with Gasteiger partial charge in [0.15, 0.2) is 5.16 Å². The highest BCUT2D eigenvalue weighted by Crippen LogP contribution is 2.21. The predicted molar refractivity (Wildman–Crippen MR) is 89.7 cm³/mol. The molecule has 6 heteroatoms. The Balaban J connectivity index is 1.99. The molecule has 0 aliphatic carbocycles. The van der Waals surface area contributed by atoms with Crippen molar-refractivity contribution in [3.05, 3.63) is 40.5 Å². The zero-order chi connectivity index (χ0) is 14.4. The predicted octanol–water partition coefficient (Wildman–Crippen LogP) is 3.66. The number of hydrogen-bond donors (Lipinski definition) is 2. The highest BCUT2D eigenvalue weighted by molar-refractivity contribution is 9.10. The topological polar surface area (TPSA) is 49.8 Å². The molecule has 0 saturated heterocycles. The van der Waals surface area contributed by atoms with E-state index < -0.39 is 0 Å². The third-order valence-electron chi connectivity index (χ3n) is 2.85. The maximum atomic E-state index is 4.46. The van der Waals surface area contributed by atoms with E-state index in [0.717, 1.165) is 39.7 Å². The van der Waals surface area contributed by atoms with Gasteiger partial charge in [-0.1, -0.05) is 23.9 Å². The molecule has 1 heterocycles. The maximum Gasteiger partial charge on any atom is 0.189 e. The van der Waals surface area contributed by atoms with Crippen molar-refractivity contribution in [3.63, 3.8) is 0 Å². The Hall–Kier alpha value is -1.27. The minimum atomic E-state index is 0.789. The number of hydrogen-bond acceptors (Lipinski definition) is 5. The van der Waals surface area contributed by atoms with Gasteiger partial charge in [-0.05, 0) is 40.7 Å². The lowest BCUT2D eigenvalue weighted by Gasteiger charge is -2.11. The largest absolute Gasteiger partial charge is 0.384 e. The van der Waals surface area contributed by atoms with E-state index in [4.69, 9.17) is 0 Å². The highest BCUT2D eigenvalue weighted by Gasteiger charge is 2.05. The summed E-state index contributed by atoms with van der Waals surface area (Å²) < 4.78 is 1.07. The molecule has 1 aromatic heterocycles. The smallest absolute Gasteiger partial charge is 0.189 e. The van der Waals surface area contributed by atoms with Crippen LogP contribution in [0.25, 0.3) is 0 Å². The summed E-state index contributed by atoms with van der Waals surface area (Å²) >= 11 is 5.07. The van der Waals surface area contributed by atoms with E-state index in [-0.39, 0.29) is 0 Å². The van der Waals surface area contributed by atoms with Crippen LogP contribution < -0.4 is 10.6 Å². The summed E-state index contributed by atoms with van der Waals surface area (Å²) in [7, 11) is 1.89. The number of rotatable bonds is 6. The van der Waals surface area contributed by atoms with Crippen molar-refractivity contribution in [1.82, 2.24) is 9.97 Å². The second kappa shape index (κ2) is 7.50. The summed E-state index contributed by atoms with van der Waals surface area (Å²) in [6.45, 7) is 0.833. The third kappa shape index (κ3) is 3.86. The van der Waals surface area contributed by atoms with E-state index in [1.54, 1.807) is 11.8 Å². The van der Waals surface area contributed by atoms with E-state index in [1.165, 1.54) is 0 Å². The molecular weight excluding hydrogens is 336 g/mol. The molecule has 0 fully saturated rings. The molecule has 0 radical (unpaired) electrons. The number of benzene rings is 1. The lowest BCUT2D eigenvalue weighted by Crippen LogP contribution is -2.09. The van der Waals surface area contributed by atoms with Crippen LogP contribution in [0.4, 0.5) is 11.5 Å². The number of nitrogens with zero attached hydrogens (tertiary/aromatic N) is 2. The zero-order valence-corrected chi connectivity index (χ0v) is 13.9. The molecule has 2 aromatic rings. The van der Waals surface area contributed by atoms with Crippen molar-refractivity contribution < 1.29 is 0 Å². The van der Waals surface area contributed by atoms with Crippen LogP contribution in [0, 0.1) is 0 Å². The quantitative estimate of drug-likeness (QED) is 0.613. The summed E-state index contributed by atoms with van der Waals surface area (Å²) in [5.41, 5.74) is 2.21. The Labute approximate surface area is 131 Å². The van der Waals surface area contributed by atoms with Crippen molar-refractivity contribution in [2.45, 2.75) is 11.6 Å². The van der Waals surface area contributed by atoms with Crippen LogP contribution >= 0.6 is 27.7 Å². The van der Waals surface area contributed by atoms with Gasteiger partial charge in [0.2, 0.25) is 0 Å². The molecule has 4 nitrogen and oxygen atoms in total. The summed E-state index contributed by atoms with van der Waals surface area (Å²) in [6.07, 6.45) is 4.74. The molecule has 0 bridgehead atoms. The van der Waals surface area contributed by atoms with Crippen LogP contribution in [0.2, 0.25) is 0 Å². The first-order chi connectivity index (χ1) is 9.74. The lowest BCUT2D eigenvalue weighted by atomic mass is 10.2. The molecule has 0 aliphatic rings. The van der Waals surface area contributed by atoms with Gasteiger partial charge in [-0.2, -0.15) is 0 Å². The van der Waals surface area contributed by atoms with Gasteiger partial charge < -0.3 is 10.6 Å². The third-order valence-corrected chi connectivity index (χ3v) is 4.10. The van der Waals surface area contributed by atoms with Crippen LogP contribution in [0.3, 0.4) is 0 Å². The minimum absolute atomic E-state index is 0.789. The van der Waals surface area contributed by atoms with E-state index in [1.807, 2.05) is 37.7 Å². The number of para-hydroxylation sites is 1. The summed E-state index contributed by atoms with van der Waals surface area (Å²) in [5, 5.41) is 7.32. The first-order valence-electron chi connectivity index (χ1n) is 6.30. The fraction of sp³-hybridized carbons (Fsp3) is 0.286. The number of nitrogens with one attached hydrogen (secondary N) is 2. The standard InChI is InChI=1S/C14H17BrN4S/c1-16-13-10(9-18-14(19-13)20-2)7-8-17-12-6-4-3-5-11(12)15/h3-6,9,17H,7-8H2,1-2H3,(H,16,18,19). The number of anilines is 2. The van der Waals surface area contributed by atoms with Crippen molar-refractivity contribution in [3.8, 4) is 0 Å². The van der Waals surface area contributed by atoms with Crippen LogP contribution in [0.5, 0.6) is 0 Å². The van der Waals surface area contributed by atoms with Gasteiger partial charge in [0.1, 0.15) is 5.82 Å². The minimum Gasteiger partial charge on any atom is -0.384 e. The Morgan fingerprint density at radius 1 is 1.30 bits per heavy atom. The molecule has 106 valence electrons.